The molecule has 10 nitrogen and oxygen atoms in total. The van der Waals surface area contributed by atoms with Gasteiger partial charge in [0.15, 0.2) is 18.1 Å². The Morgan fingerprint density at radius 2 is 2.03 bits per heavy atom. The molecule has 2 aliphatic heterocycles. The number of esters is 1. The average molecular weight is 419 g/mol. The van der Waals surface area contributed by atoms with Crippen LogP contribution in [-0.2, 0) is 25.7 Å². The van der Waals surface area contributed by atoms with E-state index >= 15 is 0 Å². The number of nitrogens with zero attached hydrogens (tertiary/aromatic N) is 1. The molecule has 2 aliphatic rings. The van der Waals surface area contributed by atoms with Crippen molar-refractivity contribution < 1.29 is 33.4 Å². The Hall–Kier alpha value is -3.30. The van der Waals surface area contributed by atoms with E-state index in [4.69, 9.17) is 14.2 Å². The molecule has 0 unspecified atom stereocenters. The van der Waals surface area contributed by atoms with Gasteiger partial charge in [-0.15, -0.1) is 0 Å². The number of carbonyl (C=O) groups excluding carboxylic acids is 4. The van der Waals surface area contributed by atoms with Gasteiger partial charge in [0.1, 0.15) is 12.1 Å². The Bertz CT molecular complexity index is 857. The van der Waals surface area contributed by atoms with Crippen LogP contribution in [0, 0.1) is 0 Å². The highest BCUT2D eigenvalue weighted by Crippen LogP contribution is 2.32. The Labute approximate surface area is 173 Å². The number of hydrogen-bond acceptors (Lipinski definition) is 7. The zero-order chi connectivity index (χ0) is 21.7. The number of ether oxygens (including phenoxy) is 3. The maximum absolute atomic E-state index is 12.5. The van der Waals surface area contributed by atoms with Crippen molar-refractivity contribution >= 4 is 23.8 Å². The molecule has 2 N–H and O–H groups in total. The molecule has 1 atom stereocenters. The number of imide groups is 1. The van der Waals surface area contributed by atoms with Crippen molar-refractivity contribution in [1.29, 1.82) is 0 Å². The van der Waals surface area contributed by atoms with Crippen LogP contribution < -0.4 is 20.1 Å². The molecule has 1 saturated heterocycles. The molecule has 0 aromatic heterocycles. The molecule has 162 valence electrons. The fraction of sp³-hybridized carbons (Fsp3) is 0.500. The lowest BCUT2D eigenvalue weighted by Crippen LogP contribution is -2.44. The maximum Gasteiger partial charge on any atom is 0.326 e. The molecule has 1 aromatic carbocycles. The second-order valence-corrected chi connectivity index (χ2v) is 7.38. The summed E-state index contributed by atoms with van der Waals surface area (Å²) in [6, 6.07) is 4.65. The van der Waals surface area contributed by atoms with Gasteiger partial charge < -0.3 is 24.8 Å². The minimum atomic E-state index is -1.02. The van der Waals surface area contributed by atoms with Gasteiger partial charge in [-0.3, -0.25) is 19.3 Å². The van der Waals surface area contributed by atoms with Gasteiger partial charge >= 0.3 is 12.0 Å². The zero-order valence-electron chi connectivity index (χ0n) is 17.0. The number of rotatable bonds is 9. The van der Waals surface area contributed by atoms with Crippen LogP contribution >= 0.6 is 0 Å². The number of urea groups is 1. The lowest BCUT2D eigenvalue weighted by molar-refractivity contribution is -0.151. The topological polar surface area (TPSA) is 123 Å². The SMILES string of the molecule is CCCC[C@]1(C)NC(=O)N(CC(=O)OCC(=O)NCc2ccc3c(c2)OCO3)C1=O. The zero-order valence-corrected chi connectivity index (χ0v) is 17.0. The van der Waals surface area contributed by atoms with E-state index in [1.807, 2.05) is 6.92 Å². The van der Waals surface area contributed by atoms with Crippen LogP contribution in [0.25, 0.3) is 0 Å². The quantitative estimate of drug-likeness (QED) is 0.453. The molecule has 0 spiro atoms. The minimum Gasteiger partial charge on any atom is -0.454 e. The molecule has 1 aromatic rings. The Morgan fingerprint density at radius 3 is 2.80 bits per heavy atom. The Balaban J connectivity index is 1.42. The van der Waals surface area contributed by atoms with E-state index in [1.54, 1.807) is 25.1 Å². The van der Waals surface area contributed by atoms with Crippen molar-refractivity contribution in [3.8, 4) is 11.5 Å². The van der Waals surface area contributed by atoms with Crippen LogP contribution in [0.3, 0.4) is 0 Å². The van der Waals surface area contributed by atoms with Crippen molar-refractivity contribution in [2.75, 3.05) is 19.9 Å². The predicted octanol–water partition coefficient (Wildman–Crippen LogP) is 1.08. The van der Waals surface area contributed by atoms with E-state index in [0.29, 0.717) is 17.9 Å². The van der Waals surface area contributed by atoms with Gasteiger partial charge in [0.05, 0.1) is 0 Å². The standard InChI is InChI=1S/C20H25N3O7/c1-3-4-7-20(2)18(26)23(19(27)22-20)10-17(25)28-11-16(24)21-9-13-5-6-14-15(8-13)30-12-29-14/h5-6,8H,3-4,7,9-12H2,1-2H3,(H,21,24)(H,22,27)/t20-/m0/s1. The molecule has 3 rings (SSSR count). The van der Waals surface area contributed by atoms with E-state index in [1.165, 1.54) is 0 Å². The minimum absolute atomic E-state index is 0.163. The molecule has 0 bridgehead atoms. The summed E-state index contributed by atoms with van der Waals surface area (Å²) in [7, 11) is 0. The summed E-state index contributed by atoms with van der Waals surface area (Å²) in [6.07, 6.45) is 2.13. The summed E-state index contributed by atoms with van der Waals surface area (Å²) in [5.74, 6) is -0.564. The third-order valence-corrected chi connectivity index (χ3v) is 4.95. The van der Waals surface area contributed by atoms with Gasteiger partial charge in [-0.25, -0.2) is 4.79 Å². The number of hydrogen-bond donors (Lipinski definition) is 2. The monoisotopic (exact) mass is 419 g/mol. The first kappa shape index (κ1) is 21.4. The first-order valence-corrected chi connectivity index (χ1v) is 9.77. The summed E-state index contributed by atoms with van der Waals surface area (Å²) < 4.78 is 15.4. The van der Waals surface area contributed by atoms with Crippen molar-refractivity contribution in [3.63, 3.8) is 0 Å². The number of fused-ring (bicyclic) bond motifs is 1. The van der Waals surface area contributed by atoms with Gasteiger partial charge in [0.2, 0.25) is 6.79 Å². The normalized spacial score (nSPS) is 19.6. The molecule has 0 radical (unpaired) electrons. The summed E-state index contributed by atoms with van der Waals surface area (Å²) >= 11 is 0. The number of amides is 4. The van der Waals surface area contributed by atoms with Gasteiger partial charge in [-0.2, -0.15) is 0 Å². The first-order chi connectivity index (χ1) is 14.3. The smallest absolute Gasteiger partial charge is 0.326 e. The average Bonchev–Trinajstić information content (AvgIpc) is 3.27. The molecular formula is C20H25N3O7. The van der Waals surface area contributed by atoms with Crippen molar-refractivity contribution in [1.82, 2.24) is 15.5 Å². The summed E-state index contributed by atoms with van der Waals surface area (Å²) in [5.41, 5.74) is -0.223. The summed E-state index contributed by atoms with van der Waals surface area (Å²) in [5, 5.41) is 5.24. The summed E-state index contributed by atoms with van der Waals surface area (Å²) in [6.45, 7) is 2.95. The number of carbonyl (C=O) groups is 4. The van der Waals surface area contributed by atoms with Crippen molar-refractivity contribution in [2.24, 2.45) is 0 Å². The highest BCUT2D eigenvalue weighted by atomic mass is 16.7. The van der Waals surface area contributed by atoms with Crippen LogP contribution in [-0.4, -0.2) is 54.2 Å². The van der Waals surface area contributed by atoms with Gasteiger partial charge in [-0.1, -0.05) is 25.8 Å². The van der Waals surface area contributed by atoms with E-state index < -0.39 is 42.5 Å². The molecule has 0 saturated carbocycles. The summed E-state index contributed by atoms with van der Waals surface area (Å²) in [4.78, 5) is 49.3. The van der Waals surface area contributed by atoms with Crippen molar-refractivity contribution in [3.05, 3.63) is 23.8 Å². The Kier molecular flexibility index (Phi) is 6.43. The van der Waals surface area contributed by atoms with Gasteiger partial charge in [0, 0.05) is 6.54 Å². The van der Waals surface area contributed by atoms with E-state index in [0.717, 1.165) is 23.3 Å². The predicted molar refractivity (Wildman–Crippen MR) is 104 cm³/mol. The highest BCUT2D eigenvalue weighted by molar-refractivity contribution is 6.08. The maximum atomic E-state index is 12.5. The number of unbranched alkanes of at least 4 members (excludes halogenated alkanes) is 1. The molecule has 2 heterocycles. The van der Waals surface area contributed by atoms with Gasteiger partial charge in [0.25, 0.3) is 11.8 Å². The largest absolute Gasteiger partial charge is 0.454 e. The van der Waals surface area contributed by atoms with Crippen LogP contribution in [0.5, 0.6) is 11.5 Å². The fourth-order valence-electron chi connectivity index (χ4n) is 3.21. The van der Waals surface area contributed by atoms with E-state index in [2.05, 4.69) is 10.6 Å². The second kappa shape index (κ2) is 9.02. The molecular weight excluding hydrogens is 394 g/mol. The lowest BCUT2D eigenvalue weighted by atomic mass is 9.95. The molecule has 1 fully saturated rings. The lowest BCUT2D eigenvalue weighted by Gasteiger charge is -2.21. The Morgan fingerprint density at radius 1 is 1.27 bits per heavy atom. The third kappa shape index (κ3) is 4.81. The number of nitrogens with one attached hydrogen (secondary N) is 2. The fourth-order valence-corrected chi connectivity index (χ4v) is 3.21. The first-order valence-electron chi connectivity index (χ1n) is 9.77. The molecule has 30 heavy (non-hydrogen) atoms. The third-order valence-electron chi connectivity index (χ3n) is 4.95. The molecule has 4 amide bonds. The van der Waals surface area contributed by atoms with Crippen LogP contribution in [0.15, 0.2) is 18.2 Å². The van der Waals surface area contributed by atoms with Gasteiger partial charge in [-0.05, 0) is 31.0 Å². The molecule has 10 heteroatoms. The van der Waals surface area contributed by atoms with Crippen molar-refractivity contribution in [2.45, 2.75) is 45.2 Å². The van der Waals surface area contributed by atoms with Crippen LogP contribution in [0.1, 0.15) is 38.7 Å². The molecule has 0 aliphatic carbocycles. The van der Waals surface area contributed by atoms with E-state index in [9.17, 15) is 19.2 Å². The highest BCUT2D eigenvalue weighted by Gasteiger charge is 2.47. The van der Waals surface area contributed by atoms with E-state index in [-0.39, 0.29) is 13.3 Å². The second-order valence-electron chi connectivity index (χ2n) is 7.38. The van der Waals surface area contributed by atoms with Crippen LogP contribution in [0.4, 0.5) is 4.79 Å². The number of benzene rings is 1. The van der Waals surface area contributed by atoms with Crippen LogP contribution in [0.2, 0.25) is 0 Å².